The number of likely N-dealkylation sites (tertiary alicyclic amines) is 1. The molecule has 1 aromatic heterocycles. The summed E-state index contributed by atoms with van der Waals surface area (Å²) in [5.74, 6) is 0. The van der Waals surface area contributed by atoms with Gasteiger partial charge in [0.25, 0.3) is 0 Å². The minimum atomic E-state index is -0.447. The van der Waals surface area contributed by atoms with Gasteiger partial charge in [-0.2, -0.15) is 0 Å². The van der Waals surface area contributed by atoms with Gasteiger partial charge in [0.1, 0.15) is 5.60 Å². The van der Waals surface area contributed by atoms with Crippen LogP contribution in [0.25, 0.3) is 11.1 Å². The number of ether oxygens (including phenoxy) is 2. The van der Waals surface area contributed by atoms with Gasteiger partial charge >= 0.3 is 6.09 Å². The molecule has 4 rings (SSSR count). The highest BCUT2D eigenvalue weighted by Gasteiger charge is 2.33. The zero-order chi connectivity index (χ0) is 29.5. The third-order valence-electron chi connectivity index (χ3n) is 8.07. The van der Waals surface area contributed by atoms with Gasteiger partial charge in [-0.3, -0.25) is 10.3 Å². The van der Waals surface area contributed by atoms with Gasteiger partial charge in [-0.15, -0.1) is 0 Å². The average molecular weight is 573 g/mol. The molecule has 7 heteroatoms. The first-order valence-electron chi connectivity index (χ1n) is 15.5. The van der Waals surface area contributed by atoms with Crippen LogP contribution in [-0.2, 0) is 15.9 Å². The fraction of sp³-hybridized carbons (Fsp3) is 0.486. The number of nitrogens with one attached hydrogen (secondary N) is 1. The molecular weight excluding hydrogens is 524 g/mol. The smallest absolute Gasteiger partial charge is 0.412 e. The Morgan fingerprint density at radius 3 is 2.38 bits per heavy atom. The number of hydrogen-bond donors (Lipinski definition) is 1. The van der Waals surface area contributed by atoms with Crippen molar-refractivity contribution in [2.75, 3.05) is 58.3 Å². The van der Waals surface area contributed by atoms with Crippen LogP contribution in [0.3, 0.4) is 0 Å². The van der Waals surface area contributed by atoms with Crippen LogP contribution in [0.15, 0.2) is 79.0 Å². The Labute approximate surface area is 252 Å². The molecule has 0 radical (unpaired) electrons. The van der Waals surface area contributed by atoms with Crippen LogP contribution in [0.4, 0.5) is 10.5 Å². The van der Waals surface area contributed by atoms with Crippen LogP contribution in [0, 0.1) is 0 Å². The summed E-state index contributed by atoms with van der Waals surface area (Å²) in [5.41, 5.74) is 3.52. The monoisotopic (exact) mass is 572 g/mol. The van der Waals surface area contributed by atoms with E-state index in [4.69, 9.17) is 9.47 Å². The number of rotatable bonds is 16. The predicted molar refractivity (Wildman–Crippen MR) is 171 cm³/mol. The van der Waals surface area contributed by atoms with Crippen molar-refractivity contribution in [3.05, 3.63) is 84.7 Å². The second-order valence-corrected chi connectivity index (χ2v) is 11.6. The Hall–Kier alpha value is -3.26. The molecule has 0 unspecified atom stereocenters. The van der Waals surface area contributed by atoms with E-state index in [9.17, 15) is 4.79 Å². The summed E-state index contributed by atoms with van der Waals surface area (Å²) in [4.78, 5) is 22.1. The van der Waals surface area contributed by atoms with Gasteiger partial charge in [-0.1, -0.05) is 54.6 Å². The standard InChI is InChI=1S/C35H48N4O3/c1-35(42-34(40)37-33-18-7-6-17-32(33)30-14-4-3-5-15-30)20-26-39(27-21-35)24-11-13-29-41-28-12-10-23-38(2)25-19-31-16-8-9-22-36-31/h3-9,14-18,22H,10-13,19-21,23-29H2,1-2H3,(H,37,40). The van der Waals surface area contributed by atoms with Crippen LogP contribution in [0.1, 0.15) is 51.1 Å². The number of pyridine rings is 1. The first-order valence-corrected chi connectivity index (χ1v) is 15.5. The van der Waals surface area contributed by atoms with Crippen molar-refractivity contribution in [2.24, 2.45) is 0 Å². The Morgan fingerprint density at radius 2 is 1.62 bits per heavy atom. The number of amides is 1. The summed E-state index contributed by atoms with van der Waals surface area (Å²) >= 11 is 0. The Kier molecular flexibility index (Phi) is 12.8. The molecule has 2 heterocycles. The first-order chi connectivity index (χ1) is 20.5. The molecule has 1 aliphatic rings. The molecule has 3 aromatic rings. The lowest BCUT2D eigenvalue weighted by atomic mass is 9.93. The van der Waals surface area contributed by atoms with Gasteiger partial charge in [0, 0.05) is 56.7 Å². The fourth-order valence-electron chi connectivity index (χ4n) is 5.36. The van der Waals surface area contributed by atoms with E-state index in [0.717, 1.165) is 113 Å². The van der Waals surface area contributed by atoms with Crippen molar-refractivity contribution in [3.8, 4) is 11.1 Å². The van der Waals surface area contributed by atoms with Gasteiger partial charge in [0.15, 0.2) is 0 Å². The molecule has 0 spiro atoms. The topological polar surface area (TPSA) is 66.9 Å². The molecule has 0 bridgehead atoms. The summed E-state index contributed by atoms with van der Waals surface area (Å²) in [6, 6.07) is 24.0. The lowest BCUT2D eigenvalue weighted by molar-refractivity contribution is -0.0166. The molecule has 1 aliphatic heterocycles. The normalized spacial score (nSPS) is 15.0. The van der Waals surface area contributed by atoms with Crippen molar-refractivity contribution in [1.82, 2.24) is 14.8 Å². The summed E-state index contributed by atoms with van der Waals surface area (Å²) in [7, 11) is 2.18. The number of likely N-dealkylation sites (N-methyl/N-ethyl adjacent to an activating group) is 1. The Bertz CT molecular complexity index is 1180. The van der Waals surface area contributed by atoms with Crippen molar-refractivity contribution in [3.63, 3.8) is 0 Å². The molecule has 0 aliphatic carbocycles. The van der Waals surface area contributed by atoms with Gasteiger partial charge in [0.2, 0.25) is 0 Å². The minimum absolute atomic E-state index is 0.386. The van der Waals surface area contributed by atoms with E-state index in [-0.39, 0.29) is 6.09 Å². The minimum Gasteiger partial charge on any atom is -0.443 e. The van der Waals surface area contributed by atoms with Crippen LogP contribution < -0.4 is 5.32 Å². The molecule has 226 valence electrons. The Balaban J connectivity index is 1.03. The van der Waals surface area contributed by atoms with Gasteiger partial charge < -0.3 is 19.3 Å². The average Bonchev–Trinajstić information content (AvgIpc) is 3.01. The quantitative estimate of drug-likeness (QED) is 0.188. The van der Waals surface area contributed by atoms with Gasteiger partial charge in [0.05, 0.1) is 5.69 Å². The summed E-state index contributed by atoms with van der Waals surface area (Å²) in [5, 5.41) is 2.98. The second kappa shape index (κ2) is 17.0. The number of nitrogens with zero attached hydrogens (tertiary/aromatic N) is 3. The molecule has 1 saturated heterocycles. The number of carbonyl (C=O) groups excluding carboxylic acids is 1. The van der Waals surface area contributed by atoms with E-state index in [0.29, 0.717) is 0 Å². The van der Waals surface area contributed by atoms with E-state index in [1.54, 1.807) is 0 Å². The van der Waals surface area contributed by atoms with Gasteiger partial charge in [-0.05, 0) is 89.3 Å². The molecule has 7 nitrogen and oxygen atoms in total. The van der Waals surface area contributed by atoms with E-state index < -0.39 is 5.60 Å². The first kappa shape index (κ1) is 31.7. The SMILES string of the molecule is CN(CCCCOCCCCN1CCC(C)(OC(=O)Nc2ccccc2-c2ccccc2)CC1)CCc1ccccn1. The van der Waals surface area contributed by atoms with Crippen LogP contribution in [-0.4, -0.2) is 79.5 Å². The largest absolute Gasteiger partial charge is 0.443 e. The molecule has 1 amide bonds. The number of benzene rings is 2. The number of hydrogen-bond acceptors (Lipinski definition) is 6. The lowest BCUT2D eigenvalue weighted by Gasteiger charge is -2.38. The van der Waals surface area contributed by atoms with E-state index in [2.05, 4.69) is 40.1 Å². The summed E-state index contributed by atoms with van der Waals surface area (Å²) < 4.78 is 11.8. The Morgan fingerprint density at radius 1 is 0.905 bits per heavy atom. The molecule has 1 fully saturated rings. The summed E-state index contributed by atoms with van der Waals surface area (Å²) in [6.45, 7) is 8.81. The molecule has 1 N–H and O–H groups in total. The summed E-state index contributed by atoms with van der Waals surface area (Å²) in [6.07, 6.45) is 8.62. The molecule has 0 atom stereocenters. The zero-order valence-electron chi connectivity index (χ0n) is 25.5. The van der Waals surface area contributed by atoms with Gasteiger partial charge in [-0.25, -0.2) is 4.79 Å². The number of unbranched alkanes of at least 4 members (excludes halogenated alkanes) is 2. The number of piperidine rings is 1. The van der Waals surface area contributed by atoms with E-state index >= 15 is 0 Å². The molecule has 2 aromatic carbocycles. The highest BCUT2D eigenvalue weighted by atomic mass is 16.6. The molecular formula is C35H48N4O3. The highest BCUT2D eigenvalue weighted by Crippen LogP contribution is 2.30. The lowest BCUT2D eigenvalue weighted by Crippen LogP contribution is -2.46. The van der Waals surface area contributed by atoms with Crippen molar-refractivity contribution in [2.45, 2.75) is 57.5 Å². The maximum atomic E-state index is 12.8. The van der Waals surface area contributed by atoms with Crippen LogP contribution >= 0.6 is 0 Å². The van der Waals surface area contributed by atoms with Crippen LogP contribution in [0.5, 0.6) is 0 Å². The second-order valence-electron chi connectivity index (χ2n) is 11.6. The maximum Gasteiger partial charge on any atom is 0.412 e. The molecule has 0 saturated carbocycles. The maximum absolute atomic E-state index is 12.8. The highest BCUT2D eigenvalue weighted by molar-refractivity contribution is 5.91. The van der Waals surface area contributed by atoms with Crippen molar-refractivity contribution >= 4 is 11.8 Å². The number of para-hydroxylation sites is 1. The fourth-order valence-corrected chi connectivity index (χ4v) is 5.36. The zero-order valence-corrected chi connectivity index (χ0v) is 25.5. The van der Waals surface area contributed by atoms with E-state index in [1.165, 1.54) is 0 Å². The third-order valence-corrected chi connectivity index (χ3v) is 8.07. The van der Waals surface area contributed by atoms with Crippen LogP contribution in [0.2, 0.25) is 0 Å². The van der Waals surface area contributed by atoms with Crippen molar-refractivity contribution < 1.29 is 14.3 Å². The van der Waals surface area contributed by atoms with Crippen molar-refractivity contribution in [1.29, 1.82) is 0 Å². The number of aromatic nitrogens is 1. The van der Waals surface area contributed by atoms with E-state index in [1.807, 2.05) is 72.9 Å². The third kappa shape index (κ3) is 10.9. The number of anilines is 1. The molecule has 42 heavy (non-hydrogen) atoms. The predicted octanol–water partition coefficient (Wildman–Crippen LogP) is 6.90. The number of carbonyl (C=O) groups is 1.